The maximum absolute atomic E-state index is 13.1. The van der Waals surface area contributed by atoms with Crippen LogP contribution in [0.3, 0.4) is 0 Å². The number of anilines is 1. The van der Waals surface area contributed by atoms with Gasteiger partial charge in [0.25, 0.3) is 5.56 Å². The number of nitriles is 2. The number of aromatic nitrogens is 1. The molecule has 0 aliphatic heterocycles. The topological polar surface area (TPSA) is 116 Å². The first-order valence-corrected chi connectivity index (χ1v) is 7.44. The van der Waals surface area contributed by atoms with Crippen LogP contribution in [0.4, 0.5) is 10.2 Å². The highest BCUT2D eigenvalue weighted by molar-refractivity contribution is 5.83. The van der Waals surface area contributed by atoms with Crippen molar-refractivity contribution in [2.24, 2.45) is 0 Å². The zero-order chi connectivity index (χ0) is 18.7. The van der Waals surface area contributed by atoms with Crippen LogP contribution in [-0.2, 0) is 0 Å². The standard InChI is InChI=1S/C19H11FN4O2/c20-11-5-7-12(8-6-11)26-16-4-2-1-3-13(16)17-14(9-21)18(23)24-19(25)15(17)10-22/h1-8H,(H3,23,24,25). The van der Waals surface area contributed by atoms with Crippen LogP contribution in [0.25, 0.3) is 11.1 Å². The molecule has 0 spiro atoms. The molecule has 0 radical (unpaired) electrons. The molecule has 0 saturated heterocycles. The summed E-state index contributed by atoms with van der Waals surface area (Å²) in [6.07, 6.45) is 0. The van der Waals surface area contributed by atoms with Gasteiger partial charge in [0, 0.05) is 11.1 Å². The first kappa shape index (κ1) is 16.7. The highest BCUT2D eigenvalue weighted by Crippen LogP contribution is 2.37. The fourth-order valence-electron chi connectivity index (χ4n) is 2.50. The fraction of sp³-hybridized carbons (Fsp3) is 0. The summed E-state index contributed by atoms with van der Waals surface area (Å²) in [5, 5.41) is 18.8. The third-order valence-corrected chi connectivity index (χ3v) is 3.67. The average Bonchev–Trinajstić information content (AvgIpc) is 2.63. The smallest absolute Gasteiger partial charge is 0.268 e. The Morgan fingerprint density at radius 3 is 2.31 bits per heavy atom. The van der Waals surface area contributed by atoms with E-state index in [0.29, 0.717) is 11.3 Å². The van der Waals surface area contributed by atoms with Crippen LogP contribution in [0.15, 0.2) is 53.3 Å². The second-order valence-corrected chi connectivity index (χ2v) is 5.27. The van der Waals surface area contributed by atoms with E-state index in [1.807, 2.05) is 12.1 Å². The molecule has 0 saturated carbocycles. The van der Waals surface area contributed by atoms with Gasteiger partial charge in [-0.05, 0) is 30.3 Å². The molecule has 26 heavy (non-hydrogen) atoms. The number of nitrogens with zero attached hydrogens (tertiary/aromatic N) is 2. The first-order valence-electron chi connectivity index (χ1n) is 7.44. The number of hydrogen-bond donors (Lipinski definition) is 2. The fourth-order valence-corrected chi connectivity index (χ4v) is 2.50. The number of ether oxygens (including phenoxy) is 1. The maximum Gasteiger partial charge on any atom is 0.268 e. The minimum absolute atomic E-state index is 0.0312. The Balaban J connectivity index is 2.24. The Bertz CT molecular complexity index is 1120. The number of aromatic amines is 1. The number of rotatable bonds is 3. The Kier molecular flexibility index (Phi) is 4.38. The summed E-state index contributed by atoms with van der Waals surface area (Å²) in [5.41, 5.74) is 5.21. The summed E-state index contributed by atoms with van der Waals surface area (Å²) in [6.45, 7) is 0. The molecule has 2 aromatic carbocycles. The quantitative estimate of drug-likeness (QED) is 0.755. The van der Waals surface area contributed by atoms with Crippen LogP contribution in [-0.4, -0.2) is 4.98 Å². The Hall–Kier alpha value is -4.10. The van der Waals surface area contributed by atoms with E-state index in [0.717, 1.165) is 0 Å². The molecule has 1 heterocycles. The van der Waals surface area contributed by atoms with Crippen LogP contribution in [0, 0.1) is 28.5 Å². The molecule has 0 aliphatic rings. The molecule has 7 heteroatoms. The van der Waals surface area contributed by atoms with Crippen LogP contribution in [0.5, 0.6) is 11.5 Å². The summed E-state index contributed by atoms with van der Waals surface area (Å²) in [6, 6.07) is 15.7. The van der Waals surface area contributed by atoms with E-state index >= 15 is 0 Å². The van der Waals surface area contributed by atoms with Crippen molar-refractivity contribution in [1.82, 2.24) is 4.98 Å². The van der Waals surface area contributed by atoms with Crippen molar-refractivity contribution in [3.8, 4) is 34.8 Å². The monoisotopic (exact) mass is 346 g/mol. The molecule has 6 nitrogen and oxygen atoms in total. The highest BCUT2D eigenvalue weighted by atomic mass is 19.1. The van der Waals surface area contributed by atoms with Crippen molar-refractivity contribution in [3.63, 3.8) is 0 Å². The summed E-state index contributed by atoms with van der Waals surface area (Å²) in [4.78, 5) is 14.4. The van der Waals surface area contributed by atoms with Crippen molar-refractivity contribution in [1.29, 1.82) is 10.5 Å². The van der Waals surface area contributed by atoms with Crippen molar-refractivity contribution >= 4 is 5.82 Å². The summed E-state index contributed by atoms with van der Waals surface area (Å²) in [7, 11) is 0. The Labute approximate surface area is 147 Å². The molecular weight excluding hydrogens is 335 g/mol. The van der Waals surface area contributed by atoms with E-state index in [9.17, 15) is 19.7 Å². The molecule has 0 amide bonds. The van der Waals surface area contributed by atoms with Crippen molar-refractivity contribution in [2.75, 3.05) is 5.73 Å². The van der Waals surface area contributed by atoms with Crippen LogP contribution in [0.2, 0.25) is 0 Å². The molecule has 0 fully saturated rings. The van der Waals surface area contributed by atoms with Gasteiger partial charge in [-0.25, -0.2) is 4.39 Å². The number of hydrogen-bond acceptors (Lipinski definition) is 5. The molecule has 3 N–H and O–H groups in total. The lowest BCUT2D eigenvalue weighted by molar-refractivity contribution is 0.482. The second-order valence-electron chi connectivity index (χ2n) is 5.27. The van der Waals surface area contributed by atoms with E-state index in [1.54, 1.807) is 24.3 Å². The van der Waals surface area contributed by atoms with Crippen molar-refractivity contribution < 1.29 is 9.13 Å². The number of halogens is 1. The number of pyridine rings is 1. The normalized spacial score (nSPS) is 9.96. The van der Waals surface area contributed by atoms with Crippen LogP contribution >= 0.6 is 0 Å². The van der Waals surface area contributed by atoms with Gasteiger partial charge in [0.1, 0.15) is 46.4 Å². The average molecular weight is 346 g/mol. The molecule has 3 rings (SSSR count). The van der Waals surface area contributed by atoms with Crippen LogP contribution in [0.1, 0.15) is 11.1 Å². The molecular formula is C19H11FN4O2. The van der Waals surface area contributed by atoms with Gasteiger partial charge in [-0.15, -0.1) is 0 Å². The molecule has 0 bridgehead atoms. The predicted octanol–water partition coefficient (Wildman–Crippen LogP) is 3.30. The number of para-hydroxylation sites is 1. The molecule has 1 aromatic heterocycles. The SMILES string of the molecule is N#Cc1c(N)[nH]c(=O)c(C#N)c1-c1ccccc1Oc1ccc(F)cc1. The molecule has 0 atom stereocenters. The van der Waals surface area contributed by atoms with E-state index in [2.05, 4.69) is 4.98 Å². The molecule has 0 aliphatic carbocycles. The minimum Gasteiger partial charge on any atom is -0.457 e. The van der Waals surface area contributed by atoms with Gasteiger partial charge >= 0.3 is 0 Å². The first-order chi connectivity index (χ1) is 12.5. The predicted molar refractivity (Wildman–Crippen MR) is 92.8 cm³/mol. The van der Waals surface area contributed by atoms with Crippen molar-refractivity contribution in [2.45, 2.75) is 0 Å². The van der Waals surface area contributed by atoms with E-state index in [4.69, 9.17) is 10.5 Å². The molecule has 126 valence electrons. The van der Waals surface area contributed by atoms with E-state index in [1.165, 1.54) is 24.3 Å². The lowest BCUT2D eigenvalue weighted by atomic mass is 9.96. The van der Waals surface area contributed by atoms with Gasteiger partial charge in [-0.1, -0.05) is 18.2 Å². The largest absolute Gasteiger partial charge is 0.457 e. The van der Waals surface area contributed by atoms with Gasteiger partial charge < -0.3 is 15.5 Å². The third-order valence-electron chi connectivity index (χ3n) is 3.67. The number of nitrogens with one attached hydrogen (secondary N) is 1. The zero-order valence-corrected chi connectivity index (χ0v) is 13.3. The molecule has 0 unspecified atom stereocenters. The lowest BCUT2D eigenvalue weighted by Gasteiger charge is -2.14. The number of nitrogens with two attached hydrogens (primary N) is 1. The van der Waals surface area contributed by atoms with Gasteiger partial charge in [0.15, 0.2) is 0 Å². The number of H-pyrrole nitrogens is 1. The summed E-state index contributed by atoms with van der Waals surface area (Å²) < 4.78 is 18.8. The third kappa shape index (κ3) is 2.97. The van der Waals surface area contributed by atoms with Gasteiger partial charge in [-0.3, -0.25) is 4.79 Å². The maximum atomic E-state index is 13.1. The number of nitrogen functional groups attached to an aromatic ring is 1. The number of benzene rings is 2. The summed E-state index contributed by atoms with van der Waals surface area (Å²) in [5.74, 6) is 0.0976. The Morgan fingerprint density at radius 2 is 1.65 bits per heavy atom. The van der Waals surface area contributed by atoms with E-state index in [-0.39, 0.29) is 28.3 Å². The van der Waals surface area contributed by atoms with Gasteiger partial charge in [0.2, 0.25) is 0 Å². The zero-order valence-electron chi connectivity index (χ0n) is 13.3. The lowest BCUT2D eigenvalue weighted by Crippen LogP contribution is -2.16. The van der Waals surface area contributed by atoms with E-state index < -0.39 is 11.4 Å². The van der Waals surface area contributed by atoms with Crippen molar-refractivity contribution in [3.05, 3.63) is 75.8 Å². The minimum atomic E-state index is -0.699. The second kappa shape index (κ2) is 6.80. The van der Waals surface area contributed by atoms with Gasteiger partial charge in [0.05, 0.1) is 0 Å². The molecule has 3 aromatic rings. The summed E-state index contributed by atoms with van der Waals surface area (Å²) >= 11 is 0. The van der Waals surface area contributed by atoms with Gasteiger partial charge in [-0.2, -0.15) is 10.5 Å². The highest BCUT2D eigenvalue weighted by Gasteiger charge is 2.21. The Morgan fingerprint density at radius 1 is 1.00 bits per heavy atom. The van der Waals surface area contributed by atoms with Crippen LogP contribution < -0.4 is 16.0 Å².